The summed E-state index contributed by atoms with van der Waals surface area (Å²) in [7, 11) is 2.10. The molecule has 1 aliphatic carbocycles. The minimum Gasteiger partial charge on any atom is -0.396 e. The Hall–Kier alpha value is -1.35. The Morgan fingerprint density at radius 1 is 1.44 bits per heavy atom. The maximum Gasteiger partial charge on any atom is 0.112 e. The van der Waals surface area contributed by atoms with Crippen molar-refractivity contribution in [2.75, 3.05) is 6.61 Å². The standard InChI is InChI=1S/C15H20N2O/c1-3-10(9-18)12-6-7-13-14(8-12)17(2)15(16-13)11-4-5-11/h6-8,10-11,18H,3-5,9H2,1-2H3. The van der Waals surface area contributed by atoms with Gasteiger partial charge in [0, 0.05) is 25.5 Å². The molecule has 96 valence electrons. The number of rotatable bonds is 4. The van der Waals surface area contributed by atoms with Crippen LogP contribution in [0, 0.1) is 0 Å². The van der Waals surface area contributed by atoms with E-state index < -0.39 is 0 Å². The molecule has 1 unspecified atom stereocenters. The largest absolute Gasteiger partial charge is 0.396 e. The molecule has 18 heavy (non-hydrogen) atoms. The van der Waals surface area contributed by atoms with Gasteiger partial charge in [-0.1, -0.05) is 13.0 Å². The van der Waals surface area contributed by atoms with E-state index in [0.29, 0.717) is 5.92 Å². The van der Waals surface area contributed by atoms with Gasteiger partial charge < -0.3 is 9.67 Å². The number of benzene rings is 1. The first-order valence-electron chi connectivity index (χ1n) is 6.81. The van der Waals surface area contributed by atoms with Crippen molar-refractivity contribution in [3.63, 3.8) is 0 Å². The molecule has 1 fully saturated rings. The van der Waals surface area contributed by atoms with Crippen LogP contribution in [-0.2, 0) is 7.05 Å². The molecule has 0 bridgehead atoms. The van der Waals surface area contributed by atoms with Crippen LogP contribution in [0.5, 0.6) is 0 Å². The number of hydrogen-bond donors (Lipinski definition) is 1. The van der Waals surface area contributed by atoms with E-state index in [-0.39, 0.29) is 12.5 Å². The average Bonchev–Trinajstić information content (AvgIpc) is 3.17. The number of aliphatic hydroxyl groups is 1. The van der Waals surface area contributed by atoms with Crippen LogP contribution in [0.25, 0.3) is 11.0 Å². The Morgan fingerprint density at radius 2 is 2.22 bits per heavy atom. The molecule has 1 saturated carbocycles. The van der Waals surface area contributed by atoms with Crippen molar-refractivity contribution in [1.82, 2.24) is 9.55 Å². The third kappa shape index (κ3) is 1.83. The lowest BCUT2D eigenvalue weighted by Crippen LogP contribution is -2.02. The topological polar surface area (TPSA) is 38.1 Å². The van der Waals surface area contributed by atoms with E-state index in [1.807, 2.05) is 0 Å². The number of aryl methyl sites for hydroxylation is 1. The monoisotopic (exact) mass is 244 g/mol. The molecule has 2 aromatic rings. The number of imidazole rings is 1. The summed E-state index contributed by atoms with van der Waals surface area (Å²) in [5.41, 5.74) is 3.50. The van der Waals surface area contributed by atoms with E-state index >= 15 is 0 Å². The van der Waals surface area contributed by atoms with Gasteiger partial charge in [0.25, 0.3) is 0 Å². The first kappa shape index (κ1) is 11.7. The van der Waals surface area contributed by atoms with Crippen LogP contribution in [0.1, 0.15) is 49.4 Å². The lowest BCUT2D eigenvalue weighted by molar-refractivity contribution is 0.262. The van der Waals surface area contributed by atoms with Crippen molar-refractivity contribution < 1.29 is 5.11 Å². The van der Waals surface area contributed by atoms with Crippen LogP contribution in [0.15, 0.2) is 18.2 Å². The Kier molecular flexibility index (Phi) is 2.86. The highest BCUT2D eigenvalue weighted by Crippen LogP contribution is 2.40. The smallest absolute Gasteiger partial charge is 0.112 e. The number of aromatic nitrogens is 2. The van der Waals surface area contributed by atoms with Gasteiger partial charge in [-0.3, -0.25) is 0 Å². The van der Waals surface area contributed by atoms with Crippen molar-refractivity contribution in [3.8, 4) is 0 Å². The van der Waals surface area contributed by atoms with Gasteiger partial charge in [0.05, 0.1) is 11.0 Å². The van der Waals surface area contributed by atoms with Gasteiger partial charge in [0.2, 0.25) is 0 Å². The van der Waals surface area contributed by atoms with Crippen LogP contribution in [-0.4, -0.2) is 21.3 Å². The highest BCUT2D eigenvalue weighted by atomic mass is 16.3. The second-order valence-corrected chi connectivity index (χ2v) is 5.34. The van der Waals surface area contributed by atoms with Crippen molar-refractivity contribution in [2.45, 2.75) is 38.0 Å². The van der Waals surface area contributed by atoms with Crippen molar-refractivity contribution >= 4 is 11.0 Å². The van der Waals surface area contributed by atoms with Gasteiger partial charge in [-0.15, -0.1) is 0 Å². The van der Waals surface area contributed by atoms with Gasteiger partial charge in [0.1, 0.15) is 5.82 Å². The van der Waals surface area contributed by atoms with E-state index in [0.717, 1.165) is 11.9 Å². The minimum atomic E-state index is 0.218. The van der Waals surface area contributed by atoms with Crippen molar-refractivity contribution in [2.24, 2.45) is 7.05 Å². The number of hydrogen-bond acceptors (Lipinski definition) is 2. The molecule has 0 aliphatic heterocycles. The molecule has 3 rings (SSSR count). The van der Waals surface area contributed by atoms with Crippen molar-refractivity contribution in [3.05, 3.63) is 29.6 Å². The fourth-order valence-corrected chi connectivity index (χ4v) is 2.66. The number of nitrogens with zero attached hydrogens (tertiary/aromatic N) is 2. The summed E-state index contributed by atoms with van der Waals surface area (Å²) in [5.74, 6) is 2.14. The van der Waals surface area contributed by atoms with Crippen LogP contribution in [0.3, 0.4) is 0 Å². The predicted octanol–water partition coefficient (Wildman–Crippen LogP) is 2.94. The van der Waals surface area contributed by atoms with E-state index in [4.69, 9.17) is 4.98 Å². The first-order valence-corrected chi connectivity index (χ1v) is 6.81. The Morgan fingerprint density at radius 3 is 2.83 bits per heavy atom. The normalized spacial score (nSPS) is 17.3. The van der Waals surface area contributed by atoms with E-state index in [9.17, 15) is 5.11 Å². The minimum absolute atomic E-state index is 0.218. The Labute approximate surface area is 107 Å². The molecule has 3 nitrogen and oxygen atoms in total. The van der Waals surface area contributed by atoms with Crippen molar-refractivity contribution in [1.29, 1.82) is 0 Å². The molecule has 0 radical (unpaired) electrons. The summed E-state index contributed by atoms with van der Waals surface area (Å²) in [4.78, 5) is 4.73. The first-order chi connectivity index (χ1) is 8.74. The summed E-state index contributed by atoms with van der Waals surface area (Å²) in [5, 5.41) is 9.40. The third-order valence-corrected chi connectivity index (χ3v) is 4.07. The van der Waals surface area contributed by atoms with Crippen LogP contribution >= 0.6 is 0 Å². The molecule has 1 aromatic heterocycles. The summed E-state index contributed by atoms with van der Waals surface area (Å²) in [6.07, 6.45) is 3.52. The molecular formula is C15H20N2O. The molecule has 1 aliphatic rings. The van der Waals surface area contributed by atoms with E-state index in [2.05, 4.69) is 36.7 Å². The Balaban J connectivity index is 2.07. The molecule has 1 aromatic carbocycles. The highest BCUT2D eigenvalue weighted by molar-refractivity contribution is 5.77. The zero-order valence-corrected chi connectivity index (χ0v) is 11.1. The van der Waals surface area contributed by atoms with Gasteiger partial charge in [0.15, 0.2) is 0 Å². The zero-order valence-electron chi connectivity index (χ0n) is 11.1. The summed E-state index contributed by atoms with van der Waals surface area (Å²) >= 11 is 0. The van der Waals surface area contributed by atoms with E-state index in [1.54, 1.807) is 0 Å². The molecule has 0 spiro atoms. The Bertz CT molecular complexity index is 565. The van der Waals surface area contributed by atoms with Crippen LogP contribution < -0.4 is 0 Å². The summed E-state index contributed by atoms with van der Waals surface area (Å²) < 4.78 is 2.22. The fraction of sp³-hybridized carbons (Fsp3) is 0.533. The quantitative estimate of drug-likeness (QED) is 0.898. The zero-order chi connectivity index (χ0) is 12.7. The van der Waals surface area contributed by atoms with Gasteiger partial charge in [-0.05, 0) is 37.0 Å². The van der Waals surface area contributed by atoms with Crippen LogP contribution in [0.2, 0.25) is 0 Å². The van der Waals surface area contributed by atoms with Gasteiger partial charge in [-0.25, -0.2) is 4.98 Å². The second-order valence-electron chi connectivity index (χ2n) is 5.34. The third-order valence-electron chi connectivity index (χ3n) is 4.07. The number of aliphatic hydroxyl groups excluding tert-OH is 1. The maximum atomic E-state index is 9.40. The summed E-state index contributed by atoms with van der Waals surface area (Å²) in [6, 6.07) is 6.39. The molecular weight excluding hydrogens is 224 g/mol. The maximum absolute atomic E-state index is 9.40. The molecule has 0 amide bonds. The van der Waals surface area contributed by atoms with Gasteiger partial charge >= 0.3 is 0 Å². The molecule has 1 heterocycles. The van der Waals surface area contributed by atoms with Gasteiger partial charge in [-0.2, -0.15) is 0 Å². The highest BCUT2D eigenvalue weighted by Gasteiger charge is 2.28. The van der Waals surface area contributed by atoms with E-state index in [1.165, 1.54) is 29.7 Å². The number of fused-ring (bicyclic) bond motifs is 1. The van der Waals surface area contributed by atoms with Crippen LogP contribution in [0.4, 0.5) is 0 Å². The predicted molar refractivity (Wildman–Crippen MR) is 72.8 cm³/mol. The fourth-order valence-electron chi connectivity index (χ4n) is 2.66. The molecule has 0 saturated heterocycles. The average molecular weight is 244 g/mol. The SMILES string of the molecule is CCC(CO)c1ccc2nc(C3CC3)n(C)c2c1. The second kappa shape index (κ2) is 4.39. The lowest BCUT2D eigenvalue weighted by atomic mass is 9.97. The molecule has 1 N–H and O–H groups in total. The summed E-state index contributed by atoms with van der Waals surface area (Å²) in [6.45, 7) is 2.33. The lowest BCUT2D eigenvalue weighted by Gasteiger charge is -2.12. The molecule has 1 atom stereocenters. The molecule has 3 heteroatoms.